The Labute approximate surface area is 127 Å². The fraction of sp³-hybridized carbons (Fsp3) is 0.444. The molecule has 1 heterocycles. The molecule has 1 aliphatic rings. The normalized spacial score (nSPS) is 17.2. The first kappa shape index (κ1) is 14.4. The molecule has 0 aliphatic carbocycles. The fourth-order valence-electron chi connectivity index (χ4n) is 3.15. The van der Waals surface area contributed by atoms with Crippen molar-refractivity contribution in [2.45, 2.75) is 13.5 Å². The molecule has 1 fully saturated rings. The van der Waals surface area contributed by atoms with Gasteiger partial charge in [0.2, 0.25) is 0 Å². The summed E-state index contributed by atoms with van der Waals surface area (Å²) < 4.78 is 5.48. The summed E-state index contributed by atoms with van der Waals surface area (Å²) in [7, 11) is 1.74. The van der Waals surface area contributed by atoms with Crippen LogP contribution in [0.4, 0.5) is 0 Å². The first-order chi connectivity index (χ1) is 10.3. The summed E-state index contributed by atoms with van der Waals surface area (Å²) in [6.45, 7) is 9.13. The standard InChI is InChI=1S/C18H24N2O/c1-3-19-10-12-20(13-11-19)14-15-8-9-18(21-2)17-7-5-4-6-16(15)17/h4-9H,3,10-14H2,1-2H3. The molecule has 112 valence electrons. The maximum absolute atomic E-state index is 5.48. The van der Waals surface area contributed by atoms with Crippen molar-refractivity contribution in [3.05, 3.63) is 42.0 Å². The number of nitrogens with zero attached hydrogens (tertiary/aromatic N) is 2. The molecule has 0 amide bonds. The Kier molecular flexibility index (Phi) is 4.42. The number of hydrogen-bond acceptors (Lipinski definition) is 3. The monoisotopic (exact) mass is 284 g/mol. The van der Waals surface area contributed by atoms with E-state index >= 15 is 0 Å². The van der Waals surface area contributed by atoms with E-state index in [2.05, 4.69) is 53.1 Å². The van der Waals surface area contributed by atoms with Gasteiger partial charge in [-0.05, 0) is 23.6 Å². The number of likely N-dealkylation sites (N-methyl/N-ethyl adjacent to an activating group) is 1. The number of methoxy groups -OCH3 is 1. The van der Waals surface area contributed by atoms with Crippen LogP contribution in [0.1, 0.15) is 12.5 Å². The average Bonchev–Trinajstić information content (AvgIpc) is 2.56. The second-order valence-corrected chi connectivity index (χ2v) is 5.68. The van der Waals surface area contributed by atoms with Gasteiger partial charge >= 0.3 is 0 Å². The largest absolute Gasteiger partial charge is 0.496 e. The minimum Gasteiger partial charge on any atom is -0.496 e. The van der Waals surface area contributed by atoms with Crippen molar-refractivity contribution in [3.63, 3.8) is 0 Å². The zero-order valence-electron chi connectivity index (χ0n) is 13.0. The van der Waals surface area contributed by atoms with Gasteiger partial charge in [-0.3, -0.25) is 4.90 Å². The Morgan fingerprint density at radius 2 is 1.57 bits per heavy atom. The van der Waals surface area contributed by atoms with Crippen molar-refractivity contribution in [3.8, 4) is 5.75 Å². The van der Waals surface area contributed by atoms with Crippen LogP contribution in [0.3, 0.4) is 0 Å². The fourth-order valence-corrected chi connectivity index (χ4v) is 3.15. The van der Waals surface area contributed by atoms with Crippen molar-refractivity contribution >= 4 is 10.8 Å². The van der Waals surface area contributed by atoms with Crippen LogP contribution in [0.15, 0.2) is 36.4 Å². The van der Waals surface area contributed by atoms with E-state index in [1.54, 1.807) is 7.11 Å². The van der Waals surface area contributed by atoms with Crippen LogP contribution in [0.5, 0.6) is 5.75 Å². The van der Waals surface area contributed by atoms with E-state index in [4.69, 9.17) is 4.74 Å². The van der Waals surface area contributed by atoms with E-state index in [1.807, 2.05) is 0 Å². The molecule has 3 rings (SSSR count). The molecule has 0 unspecified atom stereocenters. The molecule has 3 heteroatoms. The zero-order valence-corrected chi connectivity index (χ0v) is 13.0. The lowest BCUT2D eigenvalue weighted by Crippen LogP contribution is -2.45. The predicted molar refractivity (Wildman–Crippen MR) is 87.9 cm³/mol. The highest BCUT2D eigenvalue weighted by molar-refractivity contribution is 5.91. The molecule has 0 aromatic heterocycles. The van der Waals surface area contributed by atoms with Gasteiger partial charge in [0.15, 0.2) is 0 Å². The van der Waals surface area contributed by atoms with Crippen LogP contribution in [-0.4, -0.2) is 49.6 Å². The molecule has 0 saturated carbocycles. The highest BCUT2D eigenvalue weighted by Crippen LogP contribution is 2.29. The van der Waals surface area contributed by atoms with Crippen LogP contribution in [0.25, 0.3) is 10.8 Å². The summed E-state index contributed by atoms with van der Waals surface area (Å²) in [6, 6.07) is 12.9. The number of rotatable bonds is 4. The third-order valence-corrected chi connectivity index (χ3v) is 4.50. The summed E-state index contributed by atoms with van der Waals surface area (Å²) in [6.07, 6.45) is 0. The Hall–Kier alpha value is -1.58. The summed E-state index contributed by atoms with van der Waals surface area (Å²) in [4.78, 5) is 5.07. The SMILES string of the molecule is CCN1CCN(Cc2ccc(OC)c3ccccc23)CC1. The number of ether oxygens (including phenoxy) is 1. The van der Waals surface area contributed by atoms with Gasteiger partial charge in [0.05, 0.1) is 7.11 Å². The summed E-state index contributed by atoms with van der Waals surface area (Å²) in [5.41, 5.74) is 1.40. The van der Waals surface area contributed by atoms with Crippen LogP contribution >= 0.6 is 0 Å². The minimum atomic E-state index is 0.963. The molecule has 3 nitrogen and oxygen atoms in total. The van der Waals surface area contributed by atoms with Crippen molar-refractivity contribution in [1.82, 2.24) is 9.80 Å². The van der Waals surface area contributed by atoms with Crippen LogP contribution in [0, 0.1) is 0 Å². The quantitative estimate of drug-likeness (QED) is 0.858. The van der Waals surface area contributed by atoms with E-state index in [0.717, 1.165) is 25.4 Å². The Morgan fingerprint density at radius 3 is 2.24 bits per heavy atom. The minimum absolute atomic E-state index is 0.963. The highest BCUT2D eigenvalue weighted by atomic mass is 16.5. The smallest absolute Gasteiger partial charge is 0.126 e. The van der Waals surface area contributed by atoms with Gasteiger partial charge in [-0.1, -0.05) is 37.3 Å². The molecule has 0 atom stereocenters. The number of fused-ring (bicyclic) bond motifs is 1. The van der Waals surface area contributed by atoms with E-state index in [0.29, 0.717) is 0 Å². The second kappa shape index (κ2) is 6.46. The Morgan fingerprint density at radius 1 is 0.905 bits per heavy atom. The van der Waals surface area contributed by atoms with Crippen molar-refractivity contribution in [1.29, 1.82) is 0 Å². The third kappa shape index (κ3) is 3.04. The molecule has 0 radical (unpaired) electrons. The molecule has 0 spiro atoms. The summed E-state index contributed by atoms with van der Waals surface area (Å²) >= 11 is 0. The van der Waals surface area contributed by atoms with E-state index in [9.17, 15) is 0 Å². The molecule has 0 N–H and O–H groups in total. The average molecular weight is 284 g/mol. The summed E-state index contributed by atoms with van der Waals surface area (Å²) in [5, 5.41) is 2.53. The lowest BCUT2D eigenvalue weighted by atomic mass is 10.0. The number of benzene rings is 2. The maximum atomic E-state index is 5.48. The molecule has 0 bridgehead atoms. The molecule has 21 heavy (non-hydrogen) atoms. The van der Waals surface area contributed by atoms with Gasteiger partial charge in [0.1, 0.15) is 5.75 Å². The lowest BCUT2D eigenvalue weighted by molar-refractivity contribution is 0.132. The third-order valence-electron chi connectivity index (χ3n) is 4.50. The van der Waals surface area contributed by atoms with Crippen molar-refractivity contribution < 1.29 is 4.74 Å². The topological polar surface area (TPSA) is 15.7 Å². The van der Waals surface area contributed by atoms with Gasteiger partial charge < -0.3 is 9.64 Å². The van der Waals surface area contributed by atoms with E-state index < -0.39 is 0 Å². The molecule has 2 aromatic carbocycles. The first-order valence-corrected chi connectivity index (χ1v) is 7.81. The van der Waals surface area contributed by atoms with E-state index in [-0.39, 0.29) is 0 Å². The second-order valence-electron chi connectivity index (χ2n) is 5.68. The van der Waals surface area contributed by atoms with E-state index in [1.165, 1.54) is 36.0 Å². The van der Waals surface area contributed by atoms with Gasteiger partial charge in [-0.2, -0.15) is 0 Å². The molecular weight excluding hydrogens is 260 g/mol. The highest BCUT2D eigenvalue weighted by Gasteiger charge is 2.16. The number of piperazine rings is 1. The number of hydrogen-bond donors (Lipinski definition) is 0. The first-order valence-electron chi connectivity index (χ1n) is 7.81. The van der Waals surface area contributed by atoms with Crippen LogP contribution < -0.4 is 4.74 Å². The summed E-state index contributed by atoms with van der Waals surface area (Å²) in [5.74, 6) is 0.963. The van der Waals surface area contributed by atoms with Gasteiger partial charge in [0, 0.05) is 38.1 Å². The van der Waals surface area contributed by atoms with Gasteiger partial charge in [0.25, 0.3) is 0 Å². The lowest BCUT2D eigenvalue weighted by Gasteiger charge is -2.34. The van der Waals surface area contributed by atoms with Gasteiger partial charge in [-0.15, -0.1) is 0 Å². The molecular formula is C18H24N2O. The molecule has 1 aliphatic heterocycles. The van der Waals surface area contributed by atoms with Crippen molar-refractivity contribution in [2.24, 2.45) is 0 Å². The maximum Gasteiger partial charge on any atom is 0.126 e. The van der Waals surface area contributed by atoms with Crippen LogP contribution in [-0.2, 0) is 6.54 Å². The van der Waals surface area contributed by atoms with Crippen LogP contribution in [0.2, 0.25) is 0 Å². The zero-order chi connectivity index (χ0) is 14.7. The van der Waals surface area contributed by atoms with Gasteiger partial charge in [-0.25, -0.2) is 0 Å². The van der Waals surface area contributed by atoms with Crippen molar-refractivity contribution in [2.75, 3.05) is 39.8 Å². The molecule has 2 aromatic rings. The Balaban J connectivity index is 1.82. The molecule has 1 saturated heterocycles. The predicted octanol–water partition coefficient (Wildman–Crippen LogP) is 2.99. The Bertz CT molecular complexity index is 603.